The van der Waals surface area contributed by atoms with E-state index in [1.807, 2.05) is 49.7 Å². The number of hydrogen-bond donors (Lipinski definition) is 1. The summed E-state index contributed by atoms with van der Waals surface area (Å²) in [5.74, 6) is 4.59. The van der Waals surface area contributed by atoms with E-state index in [2.05, 4.69) is 27.2 Å². The molecule has 258 valence electrons. The molecule has 1 aliphatic heterocycles. The Balaban J connectivity index is 1.19. The van der Waals surface area contributed by atoms with Gasteiger partial charge in [-0.05, 0) is 99.8 Å². The van der Waals surface area contributed by atoms with E-state index in [-0.39, 0.29) is 40.5 Å². The van der Waals surface area contributed by atoms with Crippen LogP contribution in [0.5, 0.6) is 0 Å². The van der Waals surface area contributed by atoms with Gasteiger partial charge in [-0.1, -0.05) is 11.8 Å². The van der Waals surface area contributed by atoms with Crippen molar-refractivity contribution in [2.45, 2.75) is 62.4 Å². The zero-order chi connectivity index (χ0) is 35.5. The molecule has 1 fully saturated rings. The van der Waals surface area contributed by atoms with Gasteiger partial charge in [0.05, 0.1) is 22.4 Å². The number of nitrogens with zero attached hydrogens (tertiary/aromatic N) is 5. The van der Waals surface area contributed by atoms with Crippen LogP contribution in [0.15, 0.2) is 90.3 Å². The topological polar surface area (TPSA) is 128 Å². The molecule has 0 radical (unpaired) electrons. The van der Waals surface area contributed by atoms with Gasteiger partial charge in [0, 0.05) is 61.1 Å². The van der Waals surface area contributed by atoms with Crippen molar-refractivity contribution < 1.29 is 27.1 Å². The van der Waals surface area contributed by atoms with Crippen LogP contribution in [0.4, 0.5) is 9.18 Å². The monoisotopic (exact) mass is 696 g/mol. The number of carbonyl (C=O) groups is 2. The molecule has 0 atom stereocenters. The molecule has 1 saturated heterocycles. The molecule has 0 aliphatic carbocycles. The van der Waals surface area contributed by atoms with Crippen LogP contribution in [0.2, 0.25) is 0 Å². The van der Waals surface area contributed by atoms with Crippen molar-refractivity contribution in [2.24, 2.45) is 0 Å². The van der Waals surface area contributed by atoms with Gasteiger partial charge in [0.15, 0.2) is 9.84 Å². The second-order valence-corrected chi connectivity index (χ2v) is 15.1. The predicted molar refractivity (Wildman–Crippen MR) is 184 cm³/mol. The summed E-state index contributed by atoms with van der Waals surface area (Å²) in [6.45, 7) is 6.73. The van der Waals surface area contributed by atoms with Crippen molar-refractivity contribution >= 4 is 27.5 Å². The smallest absolute Gasteiger partial charge is 0.410 e. The number of imidazole rings is 1. The lowest BCUT2D eigenvalue weighted by molar-refractivity contribution is 0.0184. The first-order valence-electron chi connectivity index (χ1n) is 16.2. The maximum Gasteiger partial charge on any atom is 0.410 e. The highest BCUT2D eigenvalue weighted by molar-refractivity contribution is 7.90. The number of pyridine rings is 1. The van der Waals surface area contributed by atoms with Gasteiger partial charge >= 0.3 is 6.09 Å². The molecular weight excluding hydrogens is 660 g/mol. The summed E-state index contributed by atoms with van der Waals surface area (Å²) < 4.78 is 50.3. The number of aromatic nitrogens is 4. The van der Waals surface area contributed by atoms with Crippen LogP contribution in [0, 0.1) is 17.7 Å². The fourth-order valence-corrected chi connectivity index (χ4v) is 7.05. The van der Waals surface area contributed by atoms with E-state index in [1.54, 1.807) is 28.0 Å². The molecule has 11 nitrogen and oxygen atoms in total. The van der Waals surface area contributed by atoms with Crippen LogP contribution in [0.1, 0.15) is 72.4 Å². The van der Waals surface area contributed by atoms with E-state index >= 15 is 0 Å². The Bertz CT molecular complexity index is 2200. The molecule has 13 heteroatoms. The number of sulfone groups is 1. The summed E-state index contributed by atoms with van der Waals surface area (Å²) in [5.41, 5.74) is 2.22. The average Bonchev–Trinajstić information content (AvgIpc) is 3.75. The lowest BCUT2D eigenvalue weighted by Crippen LogP contribution is -2.42. The van der Waals surface area contributed by atoms with Crippen molar-refractivity contribution in [1.82, 2.24) is 29.4 Å². The minimum Gasteiger partial charge on any atom is -0.444 e. The number of fused-ring (bicyclic) bond motifs is 1. The van der Waals surface area contributed by atoms with Crippen LogP contribution in [-0.2, 0) is 26.9 Å². The largest absolute Gasteiger partial charge is 0.444 e. The van der Waals surface area contributed by atoms with Crippen molar-refractivity contribution in [3.8, 4) is 11.8 Å². The second kappa shape index (κ2) is 14.2. The van der Waals surface area contributed by atoms with Gasteiger partial charge in [-0.15, -0.1) is 0 Å². The molecule has 0 bridgehead atoms. The average molecular weight is 697 g/mol. The maximum absolute atomic E-state index is 13.8. The molecule has 0 spiro atoms. The predicted octanol–water partition coefficient (Wildman–Crippen LogP) is 5.55. The number of likely N-dealkylation sites (tertiary alicyclic amines) is 1. The summed E-state index contributed by atoms with van der Waals surface area (Å²) in [6.07, 6.45) is 8.07. The Hall–Kier alpha value is -5.48. The highest BCUT2D eigenvalue weighted by atomic mass is 32.2. The van der Waals surface area contributed by atoms with Gasteiger partial charge in [0.25, 0.3) is 5.91 Å². The van der Waals surface area contributed by atoms with E-state index in [9.17, 15) is 22.4 Å². The molecule has 5 aromatic rings. The van der Waals surface area contributed by atoms with Gasteiger partial charge in [-0.2, -0.15) is 5.10 Å². The number of benzene rings is 2. The summed E-state index contributed by atoms with van der Waals surface area (Å²) >= 11 is 0. The zero-order valence-electron chi connectivity index (χ0n) is 28.0. The summed E-state index contributed by atoms with van der Waals surface area (Å²) in [4.78, 5) is 31.6. The molecule has 1 aliphatic rings. The molecule has 6 rings (SSSR count). The van der Waals surface area contributed by atoms with Crippen molar-refractivity contribution in [2.75, 3.05) is 13.1 Å². The molecule has 2 aromatic carbocycles. The van der Waals surface area contributed by atoms with E-state index in [4.69, 9.17) is 4.74 Å². The highest BCUT2D eigenvalue weighted by Crippen LogP contribution is 2.26. The zero-order valence-corrected chi connectivity index (χ0v) is 28.8. The maximum atomic E-state index is 13.8. The van der Waals surface area contributed by atoms with E-state index in [1.165, 1.54) is 42.5 Å². The SMILES string of the molecule is CC(C)(C)OC(=O)N1CCC(n2ccc(CS(=O)(=O)c3ccc(C(=O)NCc4ccn5ccnc5c4)cc3C#Cc3ccc(F)cc3)n2)CC1. The second-order valence-electron chi connectivity index (χ2n) is 13.1. The molecule has 3 aromatic heterocycles. The van der Waals surface area contributed by atoms with Gasteiger partial charge in [-0.25, -0.2) is 22.6 Å². The lowest BCUT2D eigenvalue weighted by atomic mass is 10.1. The van der Waals surface area contributed by atoms with Gasteiger partial charge < -0.3 is 19.4 Å². The number of rotatable bonds is 7. The highest BCUT2D eigenvalue weighted by Gasteiger charge is 2.28. The van der Waals surface area contributed by atoms with Crippen LogP contribution >= 0.6 is 0 Å². The number of hydrogen-bond acceptors (Lipinski definition) is 7. The van der Waals surface area contributed by atoms with E-state index < -0.39 is 27.2 Å². The van der Waals surface area contributed by atoms with Gasteiger partial charge in [0.1, 0.15) is 17.1 Å². The van der Waals surface area contributed by atoms with Crippen molar-refractivity contribution in [3.05, 3.63) is 119 Å². The Kier molecular flexibility index (Phi) is 9.74. The normalized spacial score (nSPS) is 13.9. The molecule has 0 unspecified atom stereocenters. The summed E-state index contributed by atoms with van der Waals surface area (Å²) in [5, 5.41) is 7.45. The number of piperidine rings is 1. The molecule has 4 heterocycles. The first kappa shape index (κ1) is 34.4. The van der Waals surface area contributed by atoms with Crippen LogP contribution in [0.3, 0.4) is 0 Å². The third kappa shape index (κ3) is 8.38. The number of ether oxygens (including phenoxy) is 1. The Morgan fingerprint density at radius 1 is 0.980 bits per heavy atom. The molecule has 1 N–H and O–H groups in total. The third-order valence-corrected chi connectivity index (χ3v) is 9.87. The molecule has 0 saturated carbocycles. The quantitative estimate of drug-likeness (QED) is 0.221. The van der Waals surface area contributed by atoms with Crippen LogP contribution in [-0.4, -0.2) is 63.2 Å². The third-order valence-electron chi connectivity index (χ3n) is 8.17. The van der Waals surface area contributed by atoms with Crippen molar-refractivity contribution in [1.29, 1.82) is 0 Å². The molecule has 50 heavy (non-hydrogen) atoms. The lowest BCUT2D eigenvalue weighted by Gasteiger charge is -2.33. The number of amides is 2. The van der Waals surface area contributed by atoms with E-state index in [0.29, 0.717) is 37.2 Å². The van der Waals surface area contributed by atoms with Crippen LogP contribution < -0.4 is 5.32 Å². The van der Waals surface area contributed by atoms with Gasteiger partial charge in [0.2, 0.25) is 0 Å². The number of carbonyl (C=O) groups excluding carboxylic acids is 2. The Morgan fingerprint density at radius 3 is 2.48 bits per heavy atom. The van der Waals surface area contributed by atoms with E-state index in [0.717, 1.165) is 11.2 Å². The summed E-state index contributed by atoms with van der Waals surface area (Å²) in [7, 11) is -3.97. The minimum atomic E-state index is -3.97. The fourth-order valence-electron chi connectivity index (χ4n) is 5.63. The number of nitrogens with one attached hydrogen (secondary N) is 1. The minimum absolute atomic E-state index is 0.00157. The Morgan fingerprint density at radius 2 is 1.74 bits per heavy atom. The summed E-state index contributed by atoms with van der Waals surface area (Å²) in [6, 6.07) is 15.2. The standard InChI is InChI=1S/C37H37FN6O5S/c1-37(2,3)49-36(46)43-18-14-32(15-19-43)44-20-13-31(41-44)25-50(47,48)33-11-8-29(23-28(33)7-4-26-5-9-30(38)10-6-26)35(45)40-24-27-12-17-42-21-16-39-34(42)22-27/h5-6,8-13,16-17,20-23,32H,14-15,18-19,24-25H2,1-3H3,(H,40,45). The first-order chi connectivity index (χ1) is 23.8. The van der Waals surface area contributed by atoms with Gasteiger partial charge in [-0.3, -0.25) is 9.48 Å². The first-order valence-corrected chi connectivity index (χ1v) is 17.8. The van der Waals surface area contributed by atoms with Crippen LogP contribution in [0.25, 0.3) is 5.65 Å². The Labute approximate surface area is 290 Å². The van der Waals surface area contributed by atoms with Crippen molar-refractivity contribution in [3.63, 3.8) is 0 Å². The molecule has 2 amide bonds. The molecular formula is C37H37FN6O5S. The number of halogens is 1. The fraction of sp³-hybridized carbons (Fsp3) is 0.297.